The number of nitrogens with zero attached hydrogens (tertiary/aromatic N) is 1. The molecular formula is C23H25N3O6. The molecule has 9 heteroatoms. The number of carbonyl (C=O) groups is 3. The molecule has 2 rings (SSSR count). The van der Waals surface area contributed by atoms with Crippen molar-refractivity contribution < 1.29 is 29.0 Å². The van der Waals surface area contributed by atoms with Gasteiger partial charge in [0.05, 0.1) is 31.3 Å². The van der Waals surface area contributed by atoms with Crippen LogP contribution in [0.3, 0.4) is 0 Å². The van der Waals surface area contributed by atoms with Gasteiger partial charge in [-0.15, -0.1) is 0 Å². The fourth-order valence-corrected chi connectivity index (χ4v) is 2.85. The van der Waals surface area contributed by atoms with Crippen molar-refractivity contribution >= 4 is 18.0 Å². The number of methoxy groups -OCH3 is 1. The first-order chi connectivity index (χ1) is 15.4. The van der Waals surface area contributed by atoms with Gasteiger partial charge in [0.15, 0.2) is 0 Å². The molecule has 0 aliphatic heterocycles. The summed E-state index contributed by atoms with van der Waals surface area (Å²) in [4.78, 5) is 36.1. The van der Waals surface area contributed by atoms with Crippen LogP contribution in [-0.2, 0) is 32.1 Å². The van der Waals surface area contributed by atoms with Gasteiger partial charge in [-0.2, -0.15) is 5.26 Å². The predicted octanol–water partition coefficient (Wildman–Crippen LogP) is 1.44. The first-order valence-corrected chi connectivity index (χ1v) is 9.90. The number of esters is 1. The summed E-state index contributed by atoms with van der Waals surface area (Å²) in [5, 5.41) is 23.9. The number of aliphatic hydroxyl groups excluding tert-OH is 1. The molecule has 0 aliphatic rings. The van der Waals surface area contributed by atoms with Crippen molar-refractivity contribution in [3.05, 3.63) is 71.3 Å². The molecule has 2 aromatic rings. The van der Waals surface area contributed by atoms with Gasteiger partial charge in [-0.3, -0.25) is 4.79 Å². The first kappa shape index (κ1) is 24.4. The van der Waals surface area contributed by atoms with Gasteiger partial charge in [0.25, 0.3) is 0 Å². The van der Waals surface area contributed by atoms with Gasteiger partial charge in [-0.1, -0.05) is 42.5 Å². The Kier molecular flexibility index (Phi) is 9.69. The number of amides is 2. The van der Waals surface area contributed by atoms with Crippen LogP contribution in [0, 0.1) is 11.3 Å². The van der Waals surface area contributed by atoms with Crippen molar-refractivity contribution in [1.82, 2.24) is 10.6 Å². The van der Waals surface area contributed by atoms with E-state index in [1.807, 2.05) is 24.3 Å². The van der Waals surface area contributed by atoms with Crippen LogP contribution < -0.4 is 10.6 Å². The summed E-state index contributed by atoms with van der Waals surface area (Å²) in [6.07, 6.45) is -2.13. The first-order valence-electron chi connectivity index (χ1n) is 9.90. The Balaban J connectivity index is 1.80. The van der Waals surface area contributed by atoms with E-state index < -0.39 is 30.1 Å². The third-order valence-corrected chi connectivity index (χ3v) is 4.43. The van der Waals surface area contributed by atoms with E-state index in [0.29, 0.717) is 11.1 Å². The highest BCUT2D eigenvalue weighted by Crippen LogP contribution is 2.09. The average Bonchev–Trinajstić information content (AvgIpc) is 2.81. The minimum absolute atomic E-state index is 0.0804. The Hall–Kier alpha value is -3.90. The van der Waals surface area contributed by atoms with Gasteiger partial charge >= 0.3 is 12.1 Å². The van der Waals surface area contributed by atoms with Gasteiger partial charge in [-0.25, -0.2) is 9.59 Å². The lowest BCUT2D eigenvalue weighted by atomic mass is 10.0. The normalized spacial score (nSPS) is 12.0. The second kappa shape index (κ2) is 12.7. The van der Waals surface area contributed by atoms with Gasteiger partial charge in [0.2, 0.25) is 5.91 Å². The maximum atomic E-state index is 12.3. The molecule has 2 atom stereocenters. The highest BCUT2D eigenvalue weighted by molar-refractivity contribution is 5.85. The van der Waals surface area contributed by atoms with Gasteiger partial charge in [0, 0.05) is 13.0 Å². The summed E-state index contributed by atoms with van der Waals surface area (Å²) in [5.74, 6) is -1.25. The number of nitrogens with one attached hydrogen (secondary N) is 2. The van der Waals surface area contributed by atoms with Crippen LogP contribution in [0.4, 0.5) is 4.79 Å². The molecule has 0 saturated heterocycles. The van der Waals surface area contributed by atoms with Crippen molar-refractivity contribution in [2.24, 2.45) is 0 Å². The molecule has 0 spiro atoms. The summed E-state index contributed by atoms with van der Waals surface area (Å²) in [5.41, 5.74) is 1.91. The summed E-state index contributed by atoms with van der Waals surface area (Å²) < 4.78 is 9.77. The molecule has 9 nitrogen and oxygen atoms in total. The number of ether oxygens (including phenoxy) is 2. The third kappa shape index (κ3) is 8.45. The van der Waals surface area contributed by atoms with E-state index in [2.05, 4.69) is 10.6 Å². The lowest BCUT2D eigenvalue weighted by molar-refractivity contribution is -0.145. The van der Waals surface area contributed by atoms with E-state index in [4.69, 9.17) is 14.7 Å². The van der Waals surface area contributed by atoms with Crippen LogP contribution >= 0.6 is 0 Å². The lowest BCUT2D eigenvalue weighted by Gasteiger charge is -2.18. The zero-order valence-electron chi connectivity index (χ0n) is 17.6. The molecule has 32 heavy (non-hydrogen) atoms. The van der Waals surface area contributed by atoms with Crippen LogP contribution in [-0.4, -0.2) is 48.9 Å². The van der Waals surface area contributed by atoms with Crippen LogP contribution in [0.15, 0.2) is 54.6 Å². The van der Waals surface area contributed by atoms with E-state index in [1.54, 1.807) is 36.4 Å². The maximum absolute atomic E-state index is 12.3. The third-order valence-electron chi connectivity index (χ3n) is 4.43. The molecule has 0 fully saturated rings. The summed E-state index contributed by atoms with van der Waals surface area (Å²) >= 11 is 0. The van der Waals surface area contributed by atoms with Gasteiger partial charge in [0.1, 0.15) is 12.6 Å². The van der Waals surface area contributed by atoms with Crippen LogP contribution in [0.1, 0.15) is 23.1 Å². The van der Waals surface area contributed by atoms with Crippen molar-refractivity contribution in [1.29, 1.82) is 5.26 Å². The van der Waals surface area contributed by atoms with E-state index in [-0.39, 0.29) is 26.0 Å². The standard InChI is InChI=1S/C23H25N3O6/c1-31-22(29)20(11-17-8-5-9-18(10-17)13-24)26-21(28)12-19(27)14-25-23(30)32-15-16-6-3-2-4-7-16/h2-10,19-20,27H,11-12,14-15H2,1H3,(H,25,30)(H,26,28)/t19-,20+/m0/s1. The van der Waals surface area contributed by atoms with E-state index in [0.717, 1.165) is 5.56 Å². The average molecular weight is 439 g/mol. The number of nitriles is 1. The van der Waals surface area contributed by atoms with Crippen LogP contribution in [0.25, 0.3) is 0 Å². The second-order valence-corrected chi connectivity index (χ2v) is 6.96. The van der Waals surface area contributed by atoms with E-state index >= 15 is 0 Å². The molecule has 3 N–H and O–H groups in total. The Morgan fingerprint density at radius 3 is 2.50 bits per heavy atom. The van der Waals surface area contributed by atoms with Crippen LogP contribution in [0.2, 0.25) is 0 Å². The van der Waals surface area contributed by atoms with Crippen molar-refractivity contribution in [3.8, 4) is 6.07 Å². The molecule has 0 aromatic heterocycles. The molecule has 0 radical (unpaired) electrons. The molecule has 0 heterocycles. The molecule has 0 aliphatic carbocycles. The molecule has 0 bridgehead atoms. The second-order valence-electron chi connectivity index (χ2n) is 6.96. The molecule has 2 aromatic carbocycles. The van der Waals surface area contributed by atoms with Crippen molar-refractivity contribution in [2.75, 3.05) is 13.7 Å². The highest BCUT2D eigenvalue weighted by atomic mass is 16.5. The molecule has 168 valence electrons. The Morgan fingerprint density at radius 1 is 1.09 bits per heavy atom. The molecular weight excluding hydrogens is 414 g/mol. The fraction of sp³-hybridized carbons (Fsp3) is 0.304. The van der Waals surface area contributed by atoms with Gasteiger partial charge < -0.3 is 25.2 Å². The molecule has 2 amide bonds. The predicted molar refractivity (Wildman–Crippen MR) is 114 cm³/mol. The summed E-state index contributed by atoms with van der Waals surface area (Å²) in [6.45, 7) is -0.120. The number of hydrogen-bond acceptors (Lipinski definition) is 7. The molecule has 0 saturated carbocycles. The fourth-order valence-electron chi connectivity index (χ4n) is 2.85. The quantitative estimate of drug-likeness (QED) is 0.476. The maximum Gasteiger partial charge on any atom is 0.407 e. The topological polar surface area (TPSA) is 138 Å². The Morgan fingerprint density at radius 2 is 1.81 bits per heavy atom. The number of hydrogen-bond donors (Lipinski definition) is 3. The zero-order chi connectivity index (χ0) is 23.3. The number of rotatable bonds is 10. The smallest absolute Gasteiger partial charge is 0.407 e. The Bertz CT molecular complexity index is 958. The van der Waals surface area contributed by atoms with E-state index in [1.165, 1.54) is 7.11 Å². The number of carbonyl (C=O) groups excluding carboxylic acids is 3. The van der Waals surface area contributed by atoms with E-state index in [9.17, 15) is 19.5 Å². The highest BCUT2D eigenvalue weighted by Gasteiger charge is 2.23. The lowest BCUT2D eigenvalue weighted by Crippen LogP contribution is -2.45. The van der Waals surface area contributed by atoms with Crippen molar-refractivity contribution in [2.45, 2.75) is 31.6 Å². The van der Waals surface area contributed by atoms with Gasteiger partial charge in [-0.05, 0) is 23.3 Å². The SMILES string of the molecule is COC(=O)[C@@H](Cc1cccc(C#N)c1)NC(=O)C[C@H](O)CNC(=O)OCc1ccccc1. The number of alkyl carbamates (subject to hydrolysis) is 1. The monoisotopic (exact) mass is 439 g/mol. The van der Waals surface area contributed by atoms with Crippen LogP contribution in [0.5, 0.6) is 0 Å². The number of benzene rings is 2. The minimum atomic E-state index is -1.18. The summed E-state index contributed by atoms with van der Waals surface area (Å²) in [6, 6.07) is 16.8. The van der Waals surface area contributed by atoms with Crippen molar-refractivity contribution in [3.63, 3.8) is 0 Å². The largest absolute Gasteiger partial charge is 0.467 e. The minimum Gasteiger partial charge on any atom is -0.467 e. The zero-order valence-corrected chi connectivity index (χ0v) is 17.6. The molecule has 0 unspecified atom stereocenters. The number of aliphatic hydroxyl groups is 1. The summed E-state index contributed by atoms with van der Waals surface area (Å²) in [7, 11) is 1.20. The Labute approximate surface area is 186 Å².